The van der Waals surface area contributed by atoms with Crippen molar-refractivity contribution in [2.75, 3.05) is 5.32 Å². The number of primary amides is 1. The smallest absolute Gasteiger partial charge is 0.369 e. The first-order valence-electron chi connectivity index (χ1n) is 5.05. The van der Waals surface area contributed by atoms with Crippen LogP contribution in [-0.4, -0.2) is 16.7 Å². The fourth-order valence-corrected chi connectivity index (χ4v) is 1.36. The molecule has 108 valence electrons. The Labute approximate surface area is 109 Å². The minimum Gasteiger partial charge on any atom is -0.369 e. The van der Waals surface area contributed by atoms with Crippen LogP contribution in [0.15, 0.2) is 18.2 Å². The van der Waals surface area contributed by atoms with Crippen LogP contribution in [0.25, 0.3) is 0 Å². The average molecular weight is 291 g/mol. The molecule has 10 heteroatoms. The first kappa shape index (κ1) is 15.4. The Bertz CT molecular complexity index is 571. The van der Waals surface area contributed by atoms with E-state index >= 15 is 0 Å². The molecule has 1 aromatic rings. The highest BCUT2D eigenvalue weighted by Gasteiger charge is 2.38. The second-order valence-electron chi connectivity index (χ2n) is 3.68. The van der Waals surface area contributed by atoms with Gasteiger partial charge >= 0.3 is 6.18 Å². The topological polar surface area (TPSA) is 115 Å². The van der Waals surface area contributed by atoms with Crippen molar-refractivity contribution in [1.29, 1.82) is 0 Å². The van der Waals surface area contributed by atoms with Crippen LogP contribution in [-0.2, 0) is 15.8 Å². The van der Waals surface area contributed by atoms with E-state index in [1.54, 1.807) is 0 Å². The van der Waals surface area contributed by atoms with E-state index in [0.717, 1.165) is 6.07 Å². The van der Waals surface area contributed by atoms with Gasteiger partial charge in [0, 0.05) is 11.8 Å². The van der Waals surface area contributed by atoms with Gasteiger partial charge in [-0.05, 0) is 12.1 Å². The lowest BCUT2D eigenvalue weighted by atomic mass is 10.1. The zero-order valence-corrected chi connectivity index (χ0v) is 9.73. The zero-order valence-electron chi connectivity index (χ0n) is 9.73. The number of carbonyl (C=O) groups is 2. The number of nitro groups is 1. The summed E-state index contributed by atoms with van der Waals surface area (Å²) in [4.78, 5) is 31.0. The van der Waals surface area contributed by atoms with Gasteiger partial charge in [0.05, 0.1) is 4.92 Å². The maximum Gasteiger partial charge on any atom is 0.423 e. The number of halogens is 3. The van der Waals surface area contributed by atoms with E-state index < -0.39 is 40.6 Å². The molecule has 0 spiro atoms. The Hall–Kier alpha value is -2.65. The summed E-state index contributed by atoms with van der Waals surface area (Å²) in [5, 5.41) is 12.5. The summed E-state index contributed by atoms with van der Waals surface area (Å²) in [6, 6.07) is 1.95. The molecule has 0 bridgehead atoms. The fourth-order valence-electron chi connectivity index (χ4n) is 1.36. The van der Waals surface area contributed by atoms with E-state index in [9.17, 15) is 32.9 Å². The lowest BCUT2D eigenvalue weighted by Crippen LogP contribution is -2.21. The SMILES string of the molecule is NC(=O)CC(=O)Nc1ccc([N+](=O)[O-])c(C(F)(F)F)c1. The minimum atomic E-state index is -4.95. The van der Waals surface area contributed by atoms with Gasteiger partial charge in [-0.2, -0.15) is 13.2 Å². The highest BCUT2D eigenvalue weighted by molar-refractivity contribution is 6.03. The van der Waals surface area contributed by atoms with Crippen molar-refractivity contribution in [3.8, 4) is 0 Å². The number of carbonyl (C=O) groups excluding carboxylic acids is 2. The number of amides is 2. The molecule has 20 heavy (non-hydrogen) atoms. The van der Waals surface area contributed by atoms with Gasteiger partial charge in [-0.15, -0.1) is 0 Å². The summed E-state index contributed by atoms with van der Waals surface area (Å²) in [5.41, 5.74) is 1.78. The number of nitro benzene ring substituents is 1. The predicted molar refractivity (Wildman–Crippen MR) is 60.5 cm³/mol. The lowest BCUT2D eigenvalue weighted by molar-refractivity contribution is -0.388. The summed E-state index contributed by atoms with van der Waals surface area (Å²) < 4.78 is 37.9. The van der Waals surface area contributed by atoms with Gasteiger partial charge < -0.3 is 11.1 Å². The molecule has 0 aliphatic carbocycles. The molecule has 0 aliphatic rings. The van der Waals surface area contributed by atoms with Crippen molar-refractivity contribution in [3.63, 3.8) is 0 Å². The number of nitrogens with one attached hydrogen (secondary N) is 1. The molecular weight excluding hydrogens is 283 g/mol. The molecule has 0 saturated heterocycles. The number of benzene rings is 1. The first-order valence-corrected chi connectivity index (χ1v) is 5.05. The van der Waals surface area contributed by atoms with Gasteiger partial charge in [-0.1, -0.05) is 0 Å². The van der Waals surface area contributed by atoms with Gasteiger partial charge in [-0.3, -0.25) is 19.7 Å². The Morgan fingerprint density at radius 2 is 1.95 bits per heavy atom. The van der Waals surface area contributed by atoms with Crippen molar-refractivity contribution in [2.45, 2.75) is 12.6 Å². The van der Waals surface area contributed by atoms with Gasteiger partial charge in [0.15, 0.2) is 0 Å². The van der Waals surface area contributed by atoms with Crippen molar-refractivity contribution < 1.29 is 27.7 Å². The summed E-state index contributed by atoms with van der Waals surface area (Å²) >= 11 is 0. The van der Waals surface area contributed by atoms with Crippen molar-refractivity contribution in [1.82, 2.24) is 0 Å². The number of alkyl halides is 3. The Morgan fingerprint density at radius 3 is 2.40 bits per heavy atom. The Morgan fingerprint density at radius 1 is 1.35 bits per heavy atom. The fraction of sp³-hybridized carbons (Fsp3) is 0.200. The predicted octanol–water partition coefficient (Wildman–Crippen LogP) is 1.43. The molecule has 0 saturated carbocycles. The van der Waals surface area contributed by atoms with Crippen LogP contribution in [0.4, 0.5) is 24.5 Å². The molecule has 0 radical (unpaired) electrons. The molecule has 1 aromatic carbocycles. The van der Waals surface area contributed by atoms with E-state index in [2.05, 4.69) is 0 Å². The standard InChI is InChI=1S/C10H8F3N3O4/c11-10(12,13)6-3-5(1-2-7(6)16(19)20)15-9(18)4-8(14)17/h1-3H,4H2,(H2,14,17)(H,15,18). The lowest BCUT2D eigenvalue weighted by Gasteiger charge is -2.10. The van der Waals surface area contributed by atoms with Crippen LogP contribution in [0.3, 0.4) is 0 Å². The number of nitrogens with two attached hydrogens (primary N) is 1. The summed E-state index contributed by atoms with van der Waals surface area (Å²) in [7, 11) is 0. The molecule has 2 amide bonds. The molecule has 0 heterocycles. The van der Waals surface area contributed by atoms with E-state index in [0.29, 0.717) is 12.1 Å². The third-order valence-corrected chi connectivity index (χ3v) is 2.12. The second kappa shape index (κ2) is 5.55. The zero-order chi connectivity index (χ0) is 15.5. The number of anilines is 1. The molecule has 0 unspecified atom stereocenters. The van der Waals surface area contributed by atoms with Gasteiger partial charge in [0.25, 0.3) is 5.69 Å². The maximum atomic E-state index is 12.6. The minimum absolute atomic E-state index is 0.325. The molecule has 3 N–H and O–H groups in total. The number of hydrogen-bond acceptors (Lipinski definition) is 4. The highest BCUT2D eigenvalue weighted by Crippen LogP contribution is 2.37. The van der Waals surface area contributed by atoms with Crippen molar-refractivity contribution in [2.24, 2.45) is 5.73 Å². The van der Waals surface area contributed by atoms with Gasteiger partial charge in [-0.25, -0.2) is 0 Å². The van der Waals surface area contributed by atoms with E-state index in [1.165, 1.54) is 0 Å². The molecule has 0 aliphatic heterocycles. The van der Waals surface area contributed by atoms with Crippen LogP contribution < -0.4 is 11.1 Å². The largest absolute Gasteiger partial charge is 0.423 e. The van der Waals surface area contributed by atoms with Crippen molar-refractivity contribution >= 4 is 23.2 Å². The van der Waals surface area contributed by atoms with Gasteiger partial charge in [0.1, 0.15) is 12.0 Å². The van der Waals surface area contributed by atoms with Crippen LogP contribution in [0.1, 0.15) is 12.0 Å². The van der Waals surface area contributed by atoms with Crippen molar-refractivity contribution in [3.05, 3.63) is 33.9 Å². The number of rotatable bonds is 4. The summed E-state index contributed by atoms with van der Waals surface area (Å²) in [6.07, 6.45) is -5.66. The monoisotopic (exact) mass is 291 g/mol. The number of nitrogens with zero attached hydrogens (tertiary/aromatic N) is 1. The van der Waals surface area contributed by atoms with Crippen LogP contribution in [0.2, 0.25) is 0 Å². The summed E-state index contributed by atoms with van der Waals surface area (Å²) in [5.74, 6) is -1.88. The third kappa shape index (κ3) is 3.93. The number of hydrogen-bond donors (Lipinski definition) is 2. The molecule has 1 rings (SSSR count). The highest BCUT2D eigenvalue weighted by atomic mass is 19.4. The molecule has 0 fully saturated rings. The Balaban J connectivity index is 3.10. The quantitative estimate of drug-likeness (QED) is 0.496. The molecular formula is C10H8F3N3O4. The Kier molecular flexibility index (Phi) is 4.27. The molecule has 0 aromatic heterocycles. The van der Waals surface area contributed by atoms with E-state index in [4.69, 9.17) is 5.73 Å². The van der Waals surface area contributed by atoms with E-state index in [-0.39, 0.29) is 5.69 Å². The second-order valence-corrected chi connectivity index (χ2v) is 3.68. The summed E-state index contributed by atoms with van der Waals surface area (Å²) in [6.45, 7) is 0. The van der Waals surface area contributed by atoms with Crippen LogP contribution in [0, 0.1) is 10.1 Å². The van der Waals surface area contributed by atoms with Crippen LogP contribution in [0.5, 0.6) is 0 Å². The average Bonchev–Trinajstić information content (AvgIpc) is 2.25. The first-order chi connectivity index (χ1) is 9.11. The molecule has 7 nitrogen and oxygen atoms in total. The van der Waals surface area contributed by atoms with Crippen LogP contribution >= 0.6 is 0 Å². The van der Waals surface area contributed by atoms with E-state index in [1.807, 2.05) is 5.32 Å². The van der Waals surface area contributed by atoms with Gasteiger partial charge in [0.2, 0.25) is 11.8 Å². The molecule has 0 atom stereocenters. The normalized spacial score (nSPS) is 10.9. The maximum absolute atomic E-state index is 12.6. The third-order valence-electron chi connectivity index (χ3n) is 2.12.